The lowest BCUT2D eigenvalue weighted by Crippen LogP contribution is -2.26. The lowest BCUT2D eigenvalue weighted by Gasteiger charge is -2.06. The highest BCUT2D eigenvalue weighted by molar-refractivity contribution is 7.13. The number of benzene rings is 2. The van der Waals surface area contributed by atoms with Gasteiger partial charge in [0.25, 0.3) is 11.5 Å². The van der Waals surface area contributed by atoms with Crippen molar-refractivity contribution in [3.8, 4) is 21.8 Å². The molecule has 4 aromatic rings. The standard InChI is InChI=1S/C22H17N3O2S/c1-25-13-5-8-18(22(25)27)20(26)23-17-11-9-15(10-12-17)19-14-28-21(24-19)16-6-3-2-4-7-16/h2-14H,1H3,(H,23,26). The summed E-state index contributed by atoms with van der Waals surface area (Å²) >= 11 is 1.59. The lowest BCUT2D eigenvalue weighted by molar-refractivity contribution is 0.102. The number of hydrogen-bond donors (Lipinski definition) is 1. The summed E-state index contributed by atoms with van der Waals surface area (Å²) in [6, 6.07) is 20.7. The Balaban J connectivity index is 1.52. The average molecular weight is 387 g/mol. The van der Waals surface area contributed by atoms with Crippen LogP contribution < -0.4 is 10.9 Å². The molecule has 5 nitrogen and oxygen atoms in total. The van der Waals surface area contributed by atoms with Crippen LogP contribution in [0.5, 0.6) is 0 Å². The topological polar surface area (TPSA) is 64.0 Å². The van der Waals surface area contributed by atoms with Crippen LogP contribution >= 0.6 is 11.3 Å². The number of pyridine rings is 1. The van der Waals surface area contributed by atoms with Crippen LogP contribution in [0.4, 0.5) is 5.69 Å². The van der Waals surface area contributed by atoms with Gasteiger partial charge in [0.2, 0.25) is 0 Å². The van der Waals surface area contributed by atoms with Crippen molar-refractivity contribution in [1.29, 1.82) is 0 Å². The Kier molecular flexibility index (Phi) is 4.87. The Bertz CT molecular complexity index is 1180. The van der Waals surface area contributed by atoms with E-state index in [1.165, 1.54) is 10.6 Å². The fraction of sp³-hybridized carbons (Fsp3) is 0.0455. The van der Waals surface area contributed by atoms with Crippen molar-refractivity contribution < 1.29 is 4.79 Å². The summed E-state index contributed by atoms with van der Waals surface area (Å²) in [7, 11) is 1.62. The van der Waals surface area contributed by atoms with Gasteiger partial charge in [-0.2, -0.15) is 0 Å². The number of carbonyl (C=O) groups excluding carboxylic acids is 1. The number of rotatable bonds is 4. The van der Waals surface area contributed by atoms with Crippen molar-refractivity contribution in [3.63, 3.8) is 0 Å². The summed E-state index contributed by atoms with van der Waals surface area (Å²) in [6.45, 7) is 0. The molecule has 0 unspecified atom stereocenters. The number of carbonyl (C=O) groups is 1. The smallest absolute Gasteiger partial charge is 0.263 e. The fourth-order valence-electron chi connectivity index (χ4n) is 2.81. The monoisotopic (exact) mass is 387 g/mol. The molecule has 0 aliphatic rings. The van der Waals surface area contributed by atoms with Gasteiger partial charge < -0.3 is 9.88 Å². The van der Waals surface area contributed by atoms with Gasteiger partial charge in [-0.05, 0) is 24.3 Å². The number of nitrogens with one attached hydrogen (secondary N) is 1. The molecule has 0 bridgehead atoms. The van der Waals surface area contributed by atoms with Crippen molar-refractivity contribution in [2.24, 2.45) is 7.05 Å². The van der Waals surface area contributed by atoms with Crippen molar-refractivity contribution in [1.82, 2.24) is 9.55 Å². The van der Waals surface area contributed by atoms with E-state index < -0.39 is 5.91 Å². The fourth-order valence-corrected chi connectivity index (χ4v) is 3.65. The summed E-state index contributed by atoms with van der Waals surface area (Å²) in [5.74, 6) is -0.422. The first-order chi connectivity index (χ1) is 13.6. The first-order valence-corrected chi connectivity index (χ1v) is 9.58. The maximum absolute atomic E-state index is 12.4. The predicted molar refractivity (Wildman–Crippen MR) is 113 cm³/mol. The van der Waals surface area contributed by atoms with Gasteiger partial charge in [-0.25, -0.2) is 4.98 Å². The second-order valence-corrected chi connectivity index (χ2v) is 7.13. The minimum atomic E-state index is -0.422. The molecule has 0 saturated carbocycles. The Morgan fingerprint density at radius 1 is 0.964 bits per heavy atom. The second kappa shape index (κ2) is 7.62. The zero-order valence-corrected chi connectivity index (χ0v) is 15.9. The zero-order chi connectivity index (χ0) is 19.5. The van der Waals surface area contributed by atoms with Gasteiger partial charge in [0.1, 0.15) is 10.6 Å². The van der Waals surface area contributed by atoms with Crippen LogP contribution in [0.3, 0.4) is 0 Å². The molecule has 6 heteroatoms. The van der Waals surface area contributed by atoms with Crippen molar-refractivity contribution in [3.05, 3.63) is 94.2 Å². The molecule has 1 amide bonds. The summed E-state index contributed by atoms with van der Waals surface area (Å²) in [5, 5.41) is 5.75. The van der Waals surface area contributed by atoms with Gasteiger partial charge in [-0.3, -0.25) is 9.59 Å². The van der Waals surface area contributed by atoms with E-state index in [2.05, 4.69) is 5.32 Å². The molecule has 0 radical (unpaired) electrons. The highest BCUT2D eigenvalue weighted by atomic mass is 32.1. The molecular weight excluding hydrogens is 370 g/mol. The molecule has 0 atom stereocenters. The Morgan fingerprint density at radius 2 is 1.71 bits per heavy atom. The number of aryl methyl sites for hydroxylation is 1. The second-order valence-electron chi connectivity index (χ2n) is 6.27. The quantitative estimate of drug-likeness (QED) is 0.563. The normalized spacial score (nSPS) is 10.6. The van der Waals surface area contributed by atoms with Crippen LogP contribution in [0.2, 0.25) is 0 Å². The van der Waals surface area contributed by atoms with Gasteiger partial charge in [0, 0.05) is 35.4 Å². The minimum absolute atomic E-state index is 0.112. The highest BCUT2D eigenvalue weighted by Crippen LogP contribution is 2.29. The third-order valence-electron chi connectivity index (χ3n) is 4.33. The maximum atomic E-state index is 12.4. The Morgan fingerprint density at radius 3 is 2.46 bits per heavy atom. The SMILES string of the molecule is Cn1cccc(C(=O)Nc2ccc(-c3csc(-c4ccccc4)n3)cc2)c1=O. The third kappa shape index (κ3) is 3.63. The molecule has 0 spiro atoms. The van der Waals surface area contributed by atoms with Crippen LogP contribution in [0.15, 0.2) is 83.1 Å². The molecule has 2 heterocycles. The predicted octanol–water partition coefficient (Wildman–Crippen LogP) is 4.43. The number of amides is 1. The summed E-state index contributed by atoms with van der Waals surface area (Å²) in [6.07, 6.45) is 1.62. The van der Waals surface area contributed by atoms with E-state index in [0.717, 1.165) is 21.8 Å². The van der Waals surface area contributed by atoms with Crippen LogP contribution in [-0.4, -0.2) is 15.5 Å². The number of hydrogen-bond acceptors (Lipinski definition) is 4. The number of anilines is 1. The maximum Gasteiger partial charge on any atom is 0.263 e. The summed E-state index contributed by atoms with van der Waals surface area (Å²) in [4.78, 5) is 29.1. The van der Waals surface area contributed by atoms with Gasteiger partial charge in [0.15, 0.2) is 0 Å². The van der Waals surface area contributed by atoms with Crippen molar-refractivity contribution >= 4 is 22.9 Å². The third-order valence-corrected chi connectivity index (χ3v) is 5.22. The van der Waals surface area contributed by atoms with Crippen molar-refractivity contribution in [2.45, 2.75) is 0 Å². The molecule has 2 aromatic carbocycles. The Hall–Kier alpha value is -3.51. The van der Waals surface area contributed by atoms with Gasteiger partial charge in [-0.15, -0.1) is 11.3 Å². The van der Waals surface area contributed by atoms with E-state index in [-0.39, 0.29) is 11.1 Å². The molecule has 28 heavy (non-hydrogen) atoms. The first kappa shape index (κ1) is 17.9. The minimum Gasteiger partial charge on any atom is -0.322 e. The van der Waals surface area contributed by atoms with Crippen LogP contribution in [-0.2, 0) is 7.05 Å². The van der Waals surface area contributed by atoms with E-state index in [9.17, 15) is 9.59 Å². The molecule has 1 N–H and O–H groups in total. The zero-order valence-electron chi connectivity index (χ0n) is 15.1. The summed E-state index contributed by atoms with van der Waals surface area (Å²) < 4.78 is 1.38. The van der Waals surface area contributed by atoms with Gasteiger partial charge in [-0.1, -0.05) is 42.5 Å². The Labute approximate surface area is 165 Å². The number of nitrogens with zero attached hydrogens (tertiary/aromatic N) is 2. The molecular formula is C22H17N3O2S. The number of aromatic nitrogens is 2. The summed E-state index contributed by atoms with van der Waals surface area (Å²) in [5.41, 5.74) is 3.35. The molecule has 0 aliphatic carbocycles. The van der Waals surface area contributed by atoms with Crippen LogP contribution in [0.1, 0.15) is 10.4 Å². The molecule has 4 rings (SSSR count). The van der Waals surface area contributed by atoms with E-state index in [4.69, 9.17) is 4.98 Å². The van der Waals surface area contributed by atoms with E-state index >= 15 is 0 Å². The van der Waals surface area contributed by atoms with Gasteiger partial charge >= 0.3 is 0 Å². The van der Waals surface area contributed by atoms with E-state index in [0.29, 0.717) is 5.69 Å². The molecule has 0 aliphatic heterocycles. The molecule has 2 aromatic heterocycles. The van der Waals surface area contributed by atoms with Gasteiger partial charge in [0.05, 0.1) is 5.69 Å². The number of thiazole rings is 1. The molecule has 0 saturated heterocycles. The van der Waals surface area contributed by atoms with Crippen LogP contribution in [0.25, 0.3) is 21.8 Å². The average Bonchev–Trinajstić information content (AvgIpc) is 3.21. The largest absolute Gasteiger partial charge is 0.322 e. The van der Waals surface area contributed by atoms with Crippen LogP contribution in [0, 0.1) is 0 Å². The first-order valence-electron chi connectivity index (χ1n) is 8.70. The van der Waals surface area contributed by atoms with Crippen molar-refractivity contribution in [2.75, 3.05) is 5.32 Å². The molecule has 0 fully saturated rings. The van der Waals surface area contributed by atoms with E-state index in [1.807, 2.05) is 60.0 Å². The highest BCUT2D eigenvalue weighted by Gasteiger charge is 2.12. The molecule has 138 valence electrons. The van der Waals surface area contributed by atoms with E-state index in [1.54, 1.807) is 30.6 Å². The lowest BCUT2D eigenvalue weighted by atomic mass is 10.1.